The average molecular weight is 486 g/mol. The number of amides is 1. The fourth-order valence-electron chi connectivity index (χ4n) is 3.09. The Morgan fingerprint density at radius 2 is 1.89 bits per heavy atom. The minimum atomic E-state index is -0.754. The average Bonchev–Trinajstić information content (AvgIpc) is 3.24. The molecule has 1 unspecified atom stereocenters. The lowest BCUT2D eigenvalue weighted by Crippen LogP contribution is -2.32. The number of aromatic amines is 1. The first-order valence-corrected chi connectivity index (χ1v) is 10.8. The van der Waals surface area contributed by atoms with Gasteiger partial charge in [0.2, 0.25) is 5.95 Å². The summed E-state index contributed by atoms with van der Waals surface area (Å²) in [7, 11) is 0. The van der Waals surface area contributed by atoms with E-state index in [0.717, 1.165) is 5.56 Å². The van der Waals surface area contributed by atoms with E-state index in [0.29, 0.717) is 18.6 Å². The Balaban J connectivity index is 1.47. The Kier molecular flexibility index (Phi) is 8.76. The van der Waals surface area contributed by atoms with E-state index in [-0.39, 0.29) is 43.7 Å². The van der Waals surface area contributed by atoms with Crippen LogP contribution >= 0.6 is 0 Å². The lowest BCUT2D eigenvalue weighted by molar-refractivity contribution is -0.147. The van der Waals surface area contributed by atoms with Crippen molar-refractivity contribution in [2.24, 2.45) is 5.92 Å². The molecule has 1 aromatic carbocycles. The Hall–Kier alpha value is -4.42. The number of ether oxygens (including phenoxy) is 3. The van der Waals surface area contributed by atoms with E-state index in [1.165, 1.54) is 13.3 Å². The van der Waals surface area contributed by atoms with Crippen LogP contribution < -0.4 is 16.6 Å². The van der Waals surface area contributed by atoms with E-state index in [2.05, 4.69) is 20.3 Å². The van der Waals surface area contributed by atoms with Crippen LogP contribution in [0, 0.1) is 5.92 Å². The van der Waals surface area contributed by atoms with Gasteiger partial charge < -0.3 is 29.8 Å². The molecule has 13 nitrogen and oxygen atoms in total. The van der Waals surface area contributed by atoms with Crippen molar-refractivity contribution in [3.63, 3.8) is 0 Å². The van der Waals surface area contributed by atoms with E-state index in [1.54, 1.807) is 16.7 Å². The van der Waals surface area contributed by atoms with Gasteiger partial charge in [-0.2, -0.15) is 4.98 Å². The number of nitrogens with zero attached hydrogens (tertiary/aromatic N) is 3. The van der Waals surface area contributed by atoms with Crippen LogP contribution in [-0.2, 0) is 37.0 Å². The van der Waals surface area contributed by atoms with Crippen LogP contribution in [0.1, 0.15) is 18.9 Å². The van der Waals surface area contributed by atoms with Crippen LogP contribution in [0.5, 0.6) is 0 Å². The van der Waals surface area contributed by atoms with Crippen molar-refractivity contribution >= 4 is 35.1 Å². The summed E-state index contributed by atoms with van der Waals surface area (Å²) in [5.41, 5.74) is 6.43. The molecule has 2 heterocycles. The molecule has 0 radical (unpaired) electrons. The number of aromatic nitrogens is 4. The van der Waals surface area contributed by atoms with Gasteiger partial charge in [0.25, 0.3) is 5.56 Å². The number of anilines is 1. The number of nitrogens with two attached hydrogens (primary N) is 1. The number of alkyl carbamates (subject to hydrolysis) is 1. The third kappa shape index (κ3) is 7.84. The first kappa shape index (κ1) is 25.2. The van der Waals surface area contributed by atoms with Crippen molar-refractivity contribution in [2.45, 2.75) is 26.5 Å². The second kappa shape index (κ2) is 12.2. The molecule has 4 N–H and O–H groups in total. The fourth-order valence-corrected chi connectivity index (χ4v) is 3.09. The smallest absolute Gasteiger partial charge is 0.407 e. The molecule has 0 saturated carbocycles. The van der Waals surface area contributed by atoms with Crippen LogP contribution in [0.25, 0.3) is 11.2 Å². The van der Waals surface area contributed by atoms with Gasteiger partial charge >= 0.3 is 18.0 Å². The van der Waals surface area contributed by atoms with E-state index < -0.39 is 23.6 Å². The lowest BCUT2D eigenvalue weighted by Gasteiger charge is -2.17. The van der Waals surface area contributed by atoms with Gasteiger partial charge in [-0.15, -0.1) is 0 Å². The van der Waals surface area contributed by atoms with E-state index >= 15 is 0 Å². The molecule has 13 heteroatoms. The number of rotatable bonds is 11. The number of benzene rings is 1. The van der Waals surface area contributed by atoms with Crippen LogP contribution in [0.4, 0.5) is 10.7 Å². The SMILES string of the molecule is CC(=O)OCC(CCn1cnc2c(=O)[nH]c(N)nc21)COC(=O)CNC(=O)OCc1ccccc1. The van der Waals surface area contributed by atoms with Crippen LogP contribution in [0.2, 0.25) is 0 Å². The number of esters is 2. The van der Waals surface area contributed by atoms with E-state index in [9.17, 15) is 19.2 Å². The van der Waals surface area contributed by atoms with Crippen LogP contribution in [0.15, 0.2) is 41.5 Å². The number of fused-ring (bicyclic) bond motifs is 1. The summed E-state index contributed by atoms with van der Waals surface area (Å²) in [6.45, 7) is 1.26. The maximum absolute atomic E-state index is 12.1. The number of aryl methyl sites for hydroxylation is 1. The Morgan fingerprint density at radius 3 is 2.63 bits per heavy atom. The molecular formula is C22H26N6O7. The molecule has 0 aliphatic rings. The Bertz CT molecular complexity index is 1220. The van der Waals surface area contributed by atoms with Gasteiger partial charge in [0, 0.05) is 19.4 Å². The van der Waals surface area contributed by atoms with E-state index in [1.807, 2.05) is 18.2 Å². The van der Waals surface area contributed by atoms with Gasteiger partial charge in [-0.25, -0.2) is 9.78 Å². The number of hydrogen-bond acceptors (Lipinski definition) is 10. The van der Waals surface area contributed by atoms with Crippen molar-refractivity contribution in [1.29, 1.82) is 0 Å². The maximum atomic E-state index is 12.1. The van der Waals surface area contributed by atoms with Gasteiger partial charge in [0.1, 0.15) is 13.2 Å². The minimum absolute atomic E-state index is 0.0118. The third-order valence-electron chi connectivity index (χ3n) is 4.86. The molecule has 1 amide bonds. The van der Waals surface area contributed by atoms with Crippen LogP contribution in [-0.4, -0.2) is 57.3 Å². The molecule has 3 aromatic rings. The molecule has 0 aliphatic heterocycles. The first-order valence-electron chi connectivity index (χ1n) is 10.8. The number of hydrogen-bond donors (Lipinski definition) is 3. The molecule has 0 saturated heterocycles. The van der Waals surface area contributed by atoms with Gasteiger partial charge in [0.05, 0.1) is 19.5 Å². The summed E-state index contributed by atoms with van der Waals surface area (Å²) in [4.78, 5) is 57.5. The van der Waals surface area contributed by atoms with Gasteiger partial charge in [0.15, 0.2) is 11.2 Å². The highest BCUT2D eigenvalue weighted by molar-refractivity contribution is 5.77. The quantitative estimate of drug-likeness (QED) is 0.258. The maximum Gasteiger partial charge on any atom is 0.407 e. The Morgan fingerprint density at radius 1 is 1.14 bits per heavy atom. The predicted octanol–water partition coefficient (Wildman–Crippen LogP) is 0.741. The molecule has 186 valence electrons. The number of carbonyl (C=O) groups is 3. The number of carbonyl (C=O) groups excluding carboxylic acids is 3. The summed E-state index contributed by atoms with van der Waals surface area (Å²) < 4.78 is 17.0. The predicted molar refractivity (Wildman–Crippen MR) is 123 cm³/mol. The topological polar surface area (TPSA) is 181 Å². The number of H-pyrrole nitrogens is 1. The molecule has 2 aromatic heterocycles. The minimum Gasteiger partial charge on any atom is -0.465 e. The largest absolute Gasteiger partial charge is 0.465 e. The fraction of sp³-hybridized carbons (Fsp3) is 0.364. The molecule has 3 rings (SSSR count). The highest BCUT2D eigenvalue weighted by Crippen LogP contribution is 2.12. The summed E-state index contributed by atoms with van der Waals surface area (Å²) in [6, 6.07) is 9.10. The normalized spacial score (nSPS) is 11.6. The summed E-state index contributed by atoms with van der Waals surface area (Å²) in [6.07, 6.45) is 1.11. The highest BCUT2D eigenvalue weighted by Gasteiger charge is 2.17. The van der Waals surface area contributed by atoms with Gasteiger partial charge in [-0.3, -0.25) is 19.4 Å². The monoisotopic (exact) mass is 486 g/mol. The van der Waals surface area contributed by atoms with E-state index in [4.69, 9.17) is 19.9 Å². The van der Waals surface area contributed by atoms with Gasteiger partial charge in [-0.1, -0.05) is 30.3 Å². The standard InChI is InChI=1S/C22H26N6O7/c1-14(29)33-11-16(7-8-28-13-25-18-19(28)26-21(23)27-20(18)31)12-34-17(30)9-24-22(32)35-10-15-5-3-2-4-6-15/h2-6,13,16H,7-12H2,1H3,(H,24,32)(H3,23,26,27,31). The summed E-state index contributed by atoms with van der Waals surface area (Å²) in [5, 5.41) is 2.33. The zero-order valence-corrected chi connectivity index (χ0v) is 19.1. The Labute approximate surface area is 199 Å². The summed E-state index contributed by atoms with van der Waals surface area (Å²) >= 11 is 0. The number of nitrogens with one attached hydrogen (secondary N) is 2. The molecule has 0 fully saturated rings. The lowest BCUT2D eigenvalue weighted by atomic mass is 10.1. The zero-order valence-electron chi connectivity index (χ0n) is 19.1. The van der Waals surface area contributed by atoms with Crippen molar-refractivity contribution in [2.75, 3.05) is 25.5 Å². The second-order valence-corrected chi connectivity index (χ2v) is 7.62. The molecule has 1 atom stereocenters. The molecule has 0 bridgehead atoms. The number of nitrogen functional groups attached to an aromatic ring is 1. The summed E-state index contributed by atoms with van der Waals surface area (Å²) in [5.74, 6) is -1.55. The molecule has 35 heavy (non-hydrogen) atoms. The highest BCUT2D eigenvalue weighted by atomic mass is 16.6. The van der Waals surface area contributed by atoms with Crippen molar-refractivity contribution in [3.8, 4) is 0 Å². The van der Waals surface area contributed by atoms with Crippen molar-refractivity contribution in [3.05, 3.63) is 52.6 Å². The second-order valence-electron chi connectivity index (χ2n) is 7.62. The van der Waals surface area contributed by atoms with Crippen LogP contribution in [0.3, 0.4) is 0 Å². The number of imidazole rings is 1. The molecule has 0 spiro atoms. The van der Waals surface area contributed by atoms with Crippen molar-refractivity contribution in [1.82, 2.24) is 24.8 Å². The molecular weight excluding hydrogens is 460 g/mol. The zero-order chi connectivity index (χ0) is 25.2. The first-order chi connectivity index (χ1) is 16.8. The molecule has 0 aliphatic carbocycles. The van der Waals surface area contributed by atoms with Crippen molar-refractivity contribution < 1.29 is 28.6 Å². The third-order valence-corrected chi connectivity index (χ3v) is 4.86. The van der Waals surface area contributed by atoms with Gasteiger partial charge in [-0.05, 0) is 12.0 Å².